The van der Waals surface area contributed by atoms with Gasteiger partial charge in [-0.15, -0.1) is 0 Å². The van der Waals surface area contributed by atoms with Crippen molar-refractivity contribution in [3.63, 3.8) is 0 Å². The van der Waals surface area contributed by atoms with Crippen LogP contribution in [0.25, 0.3) is 0 Å². The van der Waals surface area contributed by atoms with Crippen molar-refractivity contribution in [2.45, 2.75) is 6.61 Å². The van der Waals surface area contributed by atoms with Crippen LogP contribution in [0.1, 0.15) is 5.56 Å². The quantitative estimate of drug-likeness (QED) is 0.858. The van der Waals surface area contributed by atoms with Crippen molar-refractivity contribution in [2.75, 3.05) is 0 Å². The molecule has 0 saturated heterocycles. The van der Waals surface area contributed by atoms with Crippen molar-refractivity contribution in [1.82, 2.24) is 0 Å². The Labute approximate surface area is 97.7 Å². The Hall–Kier alpha value is -2.23. The van der Waals surface area contributed by atoms with E-state index in [-0.39, 0.29) is 18.1 Å². The van der Waals surface area contributed by atoms with Crippen LogP contribution in [0.2, 0.25) is 0 Å². The molecule has 0 atom stereocenters. The molecule has 88 valence electrons. The molecule has 17 heavy (non-hydrogen) atoms. The Morgan fingerprint density at radius 1 is 0.941 bits per heavy atom. The molecule has 2 rings (SSSR count). The number of rotatable bonds is 3. The fraction of sp³-hybridized carbons (Fsp3) is 0.0769. The van der Waals surface area contributed by atoms with Crippen LogP contribution in [-0.2, 0) is 6.61 Å². The van der Waals surface area contributed by atoms with E-state index in [4.69, 9.17) is 14.9 Å². The van der Waals surface area contributed by atoms with Gasteiger partial charge in [-0.3, -0.25) is 0 Å². The van der Waals surface area contributed by atoms with Crippen molar-refractivity contribution >= 4 is 0 Å². The van der Waals surface area contributed by atoms with Gasteiger partial charge in [-0.05, 0) is 36.4 Å². The maximum absolute atomic E-state index is 13.3. The molecule has 0 amide bonds. The largest absolute Gasteiger partial charge is 0.508 e. The molecule has 0 bridgehead atoms. The van der Waals surface area contributed by atoms with Crippen LogP contribution in [0, 0.1) is 5.82 Å². The summed E-state index contributed by atoms with van der Waals surface area (Å²) in [5.74, 6) is 0.0584. The highest BCUT2D eigenvalue weighted by atomic mass is 19.1. The van der Waals surface area contributed by atoms with E-state index in [1.165, 1.54) is 24.3 Å². The Morgan fingerprint density at radius 3 is 2.24 bits per heavy atom. The Balaban J connectivity index is 2.04. The van der Waals surface area contributed by atoms with Gasteiger partial charge < -0.3 is 14.9 Å². The second-order valence-corrected chi connectivity index (χ2v) is 3.56. The summed E-state index contributed by atoms with van der Waals surface area (Å²) >= 11 is 0. The fourth-order valence-electron chi connectivity index (χ4n) is 1.36. The molecule has 3 nitrogen and oxygen atoms in total. The predicted octanol–water partition coefficient (Wildman–Crippen LogP) is 2.82. The minimum Gasteiger partial charge on any atom is -0.508 e. The first-order valence-electron chi connectivity index (χ1n) is 5.04. The first-order valence-corrected chi connectivity index (χ1v) is 5.04. The summed E-state index contributed by atoms with van der Waals surface area (Å²) < 4.78 is 18.7. The summed E-state index contributed by atoms with van der Waals surface area (Å²) in [7, 11) is 0. The molecule has 2 aromatic carbocycles. The molecule has 0 aromatic heterocycles. The molecule has 4 heteroatoms. The van der Waals surface area contributed by atoms with Crippen molar-refractivity contribution in [3.05, 3.63) is 53.8 Å². The van der Waals surface area contributed by atoms with E-state index in [2.05, 4.69) is 0 Å². The number of phenolic OH excluding ortho intramolecular Hbond substituents is 2. The average molecular weight is 234 g/mol. The molecule has 0 spiro atoms. The van der Waals surface area contributed by atoms with Crippen molar-refractivity contribution < 1.29 is 19.3 Å². The van der Waals surface area contributed by atoms with Gasteiger partial charge >= 0.3 is 0 Å². The van der Waals surface area contributed by atoms with Crippen LogP contribution < -0.4 is 4.74 Å². The number of hydrogen-bond acceptors (Lipinski definition) is 3. The van der Waals surface area contributed by atoms with Crippen LogP contribution >= 0.6 is 0 Å². The minimum absolute atomic E-state index is 0.0664. The van der Waals surface area contributed by atoms with Gasteiger partial charge in [0.1, 0.15) is 29.7 Å². The van der Waals surface area contributed by atoms with Crippen LogP contribution in [0.15, 0.2) is 42.5 Å². The van der Waals surface area contributed by atoms with Gasteiger partial charge in [0, 0.05) is 11.6 Å². The smallest absolute Gasteiger partial charge is 0.133 e. The molecule has 0 unspecified atom stereocenters. The molecule has 2 aromatic rings. The highest BCUT2D eigenvalue weighted by Crippen LogP contribution is 2.19. The first kappa shape index (κ1) is 11.3. The van der Waals surface area contributed by atoms with Crippen LogP contribution in [0.5, 0.6) is 17.2 Å². The Morgan fingerprint density at radius 2 is 1.59 bits per heavy atom. The summed E-state index contributed by atoms with van der Waals surface area (Å²) in [5, 5.41) is 18.1. The van der Waals surface area contributed by atoms with E-state index >= 15 is 0 Å². The maximum atomic E-state index is 13.3. The van der Waals surface area contributed by atoms with Gasteiger partial charge in [0.15, 0.2) is 0 Å². The summed E-state index contributed by atoms with van der Waals surface area (Å²) in [6, 6.07) is 10.1. The third-order valence-electron chi connectivity index (χ3n) is 2.27. The zero-order valence-electron chi connectivity index (χ0n) is 8.93. The third-order valence-corrected chi connectivity index (χ3v) is 2.27. The van der Waals surface area contributed by atoms with Gasteiger partial charge in [0.05, 0.1) is 0 Å². The maximum Gasteiger partial charge on any atom is 0.133 e. The van der Waals surface area contributed by atoms with Crippen molar-refractivity contribution in [1.29, 1.82) is 0 Å². The zero-order chi connectivity index (χ0) is 12.3. The lowest BCUT2D eigenvalue weighted by Gasteiger charge is -2.07. The number of phenols is 2. The highest BCUT2D eigenvalue weighted by Gasteiger charge is 2.04. The Bertz CT molecular complexity index is 509. The molecule has 0 aliphatic heterocycles. The van der Waals surface area contributed by atoms with Gasteiger partial charge in [0.25, 0.3) is 0 Å². The minimum atomic E-state index is -0.510. The second-order valence-electron chi connectivity index (χ2n) is 3.56. The molecule has 0 heterocycles. The fourth-order valence-corrected chi connectivity index (χ4v) is 1.36. The normalized spacial score (nSPS) is 10.2. The van der Waals surface area contributed by atoms with Gasteiger partial charge in [-0.25, -0.2) is 4.39 Å². The molecular formula is C13H11FO3. The molecule has 0 saturated carbocycles. The summed E-state index contributed by atoms with van der Waals surface area (Å²) in [4.78, 5) is 0. The monoisotopic (exact) mass is 234 g/mol. The Kier molecular flexibility index (Phi) is 3.14. The van der Waals surface area contributed by atoms with Crippen molar-refractivity contribution in [2.24, 2.45) is 0 Å². The lowest BCUT2D eigenvalue weighted by atomic mass is 10.2. The van der Waals surface area contributed by atoms with E-state index in [0.29, 0.717) is 11.3 Å². The van der Waals surface area contributed by atoms with Gasteiger partial charge in [-0.2, -0.15) is 0 Å². The van der Waals surface area contributed by atoms with Crippen LogP contribution in [-0.4, -0.2) is 10.2 Å². The molecule has 0 aliphatic rings. The summed E-state index contributed by atoms with van der Waals surface area (Å²) in [5.41, 5.74) is 0.357. The highest BCUT2D eigenvalue weighted by molar-refractivity contribution is 5.31. The summed E-state index contributed by atoms with van der Waals surface area (Å²) in [6.45, 7) is 0.0664. The molecule has 0 radical (unpaired) electrons. The van der Waals surface area contributed by atoms with Crippen molar-refractivity contribution in [3.8, 4) is 17.2 Å². The lowest BCUT2D eigenvalue weighted by Crippen LogP contribution is -1.98. The molecule has 0 fully saturated rings. The number of benzene rings is 2. The average Bonchev–Trinajstić information content (AvgIpc) is 2.30. The predicted molar refractivity (Wildman–Crippen MR) is 60.5 cm³/mol. The third kappa shape index (κ3) is 2.87. The molecular weight excluding hydrogens is 223 g/mol. The van der Waals surface area contributed by atoms with Gasteiger partial charge in [0.2, 0.25) is 0 Å². The van der Waals surface area contributed by atoms with E-state index in [0.717, 1.165) is 6.07 Å². The standard InChI is InChI=1S/C13H11FO3/c14-13-7-11(16)2-1-9(13)8-17-12-5-3-10(15)4-6-12/h1-7,15-16H,8H2. The molecule has 2 N–H and O–H groups in total. The summed E-state index contributed by atoms with van der Waals surface area (Å²) in [6.07, 6.45) is 0. The first-order chi connectivity index (χ1) is 8.15. The van der Waals surface area contributed by atoms with E-state index < -0.39 is 5.82 Å². The van der Waals surface area contributed by atoms with E-state index in [1.54, 1.807) is 12.1 Å². The lowest BCUT2D eigenvalue weighted by molar-refractivity contribution is 0.299. The number of hydrogen-bond donors (Lipinski definition) is 2. The number of halogens is 1. The SMILES string of the molecule is Oc1ccc(OCc2ccc(O)cc2F)cc1. The van der Waals surface area contributed by atoms with Crippen LogP contribution in [0.4, 0.5) is 4.39 Å². The van der Waals surface area contributed by atoms with Gasteiger partial charge in [-0.1, -0.05) is 0 Å². The molecule has 0 aliphatic carbocycles. The van der Waals surface area contributed by atoms with E-state index in [1.807, 2.05) is 0 Å². The zero-order valence-corrected chi connectivity index (χ0v) is 8.93. The topological polar surface area (TPSA) is 49.7 Å². The second kappa shape index (κ2) is 4.74. The number of aromatic hydroxyl groups is 2. The van der Waals surface area contributed by atoms with E-state index in [9.17, 15) is 4.39 Å². The van der Waals surface area contributed by atoms with Crippen LogP contribution in [0.3, 0.4) is 0 Å². The number of ether oxygens (including phenoxy) is 1.